The average molecular weight is 452 g/mol. The van der Waals surface area contributed by atoms with E-state index in [4.69, 9.17) is 21.7 Å². The minimum absolute atomic E-state index is 0.0425. The molecule has 0 aliphatic carbocycles. The zero-order valence-electron chi connectivity index (χ0n) is 15.9. The minimum atomic E-state index is -0.832. The van der Waals surface area contributed by atoms with Crippen LogP contribution in [0.25, 0.3) is 16.9 Å². The first kappa shape index (κ1) is 21.9. The number of halogens is 2. The number of aromatic hydroxyl groups is 1. The first-order chi connectivity index (χ1) is 14.3. The van der Waals surface area contributed by atoms with E-state index in [1.54, 1.807) is 16.7 Å². The molecule has 158 valence electrons. The lowest BCUT2D eigenvalue weighted by Gasteiger charge is -2.06. The molecule has 0 unspecified atom stereocenters. The molecule has 0 bridgehead atoms. The quantitative estimate of drug-likeness (QED) is 0.298. The zero-order valence-corrected chi connectivity index (χ0v) is 17.5. The van der Waals surface area contributed by atoms with Crippen LogP contribution in [0.4, 0.5) is 8.78 Å². The fourth-order valence-electron chi connectivity index (χ4n) is 2.96. The van der Waals surface area contributed by atoms with Crippen LogP contribution in [-0.4, -0.2) is 20.7 Å². The Hall–Kier alpha value is -2.78. The van der Waals surface area contributed by atoms with E-state index in [0.717, 1.165) is 12.1 Å². The minimum Gasteiger partial charge on any atom is -0.493 e. The van der Waals surface area contributed by atoms with E-state index in [0.29, 0.717) is 46.0 Å². The van der Waals surface area contributed by atoms with Crippen molar-refractivity contribution in [3.63, 3.8) is 0 Å². The van der Waals surface area contributed by atoms with Gasteiger partial charge >= 0.3 is 5.97 Å². The van der Waals surface area contributed by atoms with E-state index in [9.17, 15) is 18.7 Å². The third kappa shape index (κ3) is 4.85. The van der Waals surface area contributed by atoms with E-state index in [1.165, 1.54) is 17.4 Å². The Bertz CT molecular complexity index is 1150. The molecule has 0 saturated carbocycles. The second kappa shape index (κ2) is 9.36. The summed E-state index contributed by atoms with van der Waals surface area (Å²) in [5.74, 6) is -1.75. The Morgan fingerprint density at radius 1 is 1.20 bits per heavy atom. The number of hydrogen-bond donors (Lipinski definition) is 2. The van der Waals surface area contributed by atoms with Crippen molar-refractivity contribution in [1.29, 1.82) is 0 Å². The first-order valence-electron chi connectivity index (χ1n) is 9.17. The van der Waals surface area contributed by atoms with Crippen molar-refractivity contribution in [1.82, 2.24) is 4.57 Å². The van der Waals surface area contributed by atoms with Gasteiger partial charge in [0.05, 0.1) is 5.56 Å². The SMILES string of the molecule is C=C(c1ccc(-c2ccc(F)cc2F)o1)c1sc(=S)n(CCCCCC(=O)O)c1O. The standard InChI is InChI=1S/C21H19F2NO4S2/c1-12(16-8-9-17(28-16)14-7-6-13(22)11-15(14)23)19-20(27)24(21(29)30-19)10-4-2-3-5-18(25)26/h6-9,11,27H,1-5,10H2,(H,25,26). The van der Waals surface area contributed by atoms with E-state index >= 15 is 0 Å². The summed E-state index contributed by atoms with van der Waals surface area (Å²) in [6, 6.07) is 6.35. The molecule has 0 saturated heterocycles. The van der Waals surface area contributed by atoms with Gasteiger partial charge in [0, 0.05) is 24.6 Å². The maximum absolute atomic E-state index is 14.0. The van der Waals surface area contributed by atoms with Gasteiger partial charge in [-0.2, -0.15) is 0 Å². The molecule has 2 heterocycles. The van der Waals surface area contributed by atoms with Crippen LogP contribution in [0.15, 0.2) is 41.3 Å². The molecule has 30 heavy (non-hydrogen) atoms. The molecule has 5 nitrogen and oxygen atoms in total. The van der Waals surface area contributed by atoms with Crippen molar-refractivity contribution in [2.75, 3.05) is 0 Å². The number of aliphatic carboxylic acids is 1. The van der Waals surface area contributed by atoms with Crippen LogP contribution >= 0.6 is 23.6 Å². The number of carboxylic acid groups (broad SMARTS) is 1. The van der Waals surface area contributed by atoms with Crippen molar-refractivity contribution in [2.45, 2.75) is 32.2 Å². The van der Waals surface area contributed by atoms with Crippen LogP contribution in [0.5, 0.6) is 5.88 Å². The Labute approximate surface area is 180 Å². The van der Waals surface area contributed by atoms with Crippen molar-refractivity contribution in [3.05, 3.63) is 63.1 Å². The third-order valence-corrected chi connectivity index (χ3v) is 6.01. The summed E-state index contributed by atoms with van der Waals surface area (Å²) in [4.78, 5) is 11.0. The van der Waals surface area contributed by atoms with Crippen LogP contribution in [0, 0.1) is 15.6 Å². The van der Waals surface area contributed by atoms with Gasteiger partial charge in [0.2, 0.25) is 5.88 Å². The summed E-state index contributed by atoms with van der Waals surface area (Å²) in [7, 11) is 0. The molecule has 2 N–H and O–H groups in total. The van der Waals surface area contributed by atoms with Crippen LogP contribution < -0.4 is 0 Å². The van der Waals surface area contributed by atoms with Gasteiger partial charge in [-0.1, -0.05) is 13.0 Å². The van der Waals surface area contributed by atoms with Crippen LogP contribution in [0.3, 0.4) is 0 Å². The van der Waals surface area contributed by atoms with E-state index in [2.05, 4.69) is 6.58 Å². The highest BCUT2D eigenvalue weighted by molar-refractivity contribution is 7.73. The third-order valence-electron chi connectivity index (χ3n) is 4.51. The summed E-state index contributed by atoms with van der Waals surface area (Å²) in [5.41, 5.74) is 0.508. The predicted octanol–water partition coefficient (Wildman–Crippen LogP) is 6.23. The molecule has 0 spiro atoms. The molecule has 0 atom stereocenters. The van der Waals surface area contributed by atoms with Crippen molar-refractivity contribution in [2.24, 2.45) is 0 Å². The van der Waals surface area contributed by atoms with Gasteiger partial charge in [-0.25, -0.2) is 8.78 Å². The number of furan rings is 1. The number of hydrogen-bond acceptors (Lipinski definition) is 5. The van der Waals surface area contributed by atoms with Crippen LogP contribution in [0.1, 0.15) is 36.3 Å². The van der Waals surface area contributed by atoms with Gasteiger partial charge in [0.25, 0.3) is 0 Å². The number of nitrogens with zero attached hydrogens (tertiary/aromatic N) is 1. The molecule has 2 aromatic heterocycles. The average Bonchev–Trinajstić information content (AvgIpc) is 3.27. The summed E-state index contributed by atoms with van der Waals surface area (Å²) in [5, 5.41) is 19.3. The molecule has 0 fully saturated rings. The van der Waals surface area contributed by atoms with Gasteiger partial charge in [-0.3, -0.25) is 9.36 Å². The van der Waals surface area contributed by atoms with Crippen molar-refractivity contribution < 1.29 is 28.2 Å². The Morgan fingerprint density at radius 3 is 2.67 bits per heavy atom. The van der Waals surface area contributed by atoms with Gasteiger partial charge < -0.3 is 14.6 Å². The van der Waals surface area contributed by atoms with Crippen LogP contribution in [-0.2, 0) is 11.3 Å². The highest BCUT2D eigenvalue weighted by atomic mass is 32.1. The molecular formula is C21H19F2NO4S2. The number of thiazole rings is 1. The van der Waals surface area contributed by atoms with Gasteiger partial charge in [-0.05, 0) is 49.3 Å². The Balaban J connectivity index is 1.75. The van der Waals surface area contributed by atoms with Gasteiger partial charge in [-0.15, -0.1) is 11.3 Å². The Kier molecular flexibility index (Phi) is 6.84. The van der Waals surface area contributed by atoms with Crippen molar-refractivity contribution >= 4 is 35.1 Å². The molecule has 3 aromatic rings. The second-order valence-corrected chi connectivity index (χ2v) is 8.29. The molecule has 0 radical (unpaired) electrons. The molecule has 0 amide bonds. The molecule has 3 rings (SSSR count). The molecule has 0 aliphatic heterocycles. The van der Waals surface area contributed by atoms with E-state index < -0.39 is 17.6 Å². The Morgan fingerprint density at radius 2 is 1.97 bits per heavy atom. The molecular weight excluding hydrogens is 432 g/mol. The topological polar surface area (TPSA) is 75.6 Å². The maximum Gasteiger partial charge on any atom is 0.303 e. The highest BCUT2D eigenvalue weighted by Gasteiger charge is 2.19. The number of carboxylic acids is 1. The second-order valence-electron chi connectivity index (χ2n) is 6.64. The molecule has 9 heteroatoms. The number of unbranched alkanes of at least 4 members (excludes halogenated alkanes) is 2. The number of rotatable bonds is 9. The van der Waals surface area contributed by atoms with Gasteiger partial charge in [0.15, 0.2) is 3.95 Å². The summed E-state index contributed by atoms with van der Waals surface area (Å²) in [6.45, 7) is 4.42. The monoisotopic (exact) mass is 451 g/mol. The maximum atomic E-state index is 14.0. The first-order valence-corrected chi connectivity index (χ1v) is 10.4. The van der Waals surface area contributed by atoms with Crippen LogP contribution in [0.2, 0.25) is 0 Å². The van der Waals surface area contributed by atoms with E-state index in [1.807, 2.05) is 0 Å². The normalized spacial score (nSPS) is 11.0. The molecule has 0 aliphatic rings. The lowest BCUT2D eigenvalue weighted by molar-refractivity contribution is -0.137. The molecule has 1 aromatic carbocycles. The number of benzene rings is 1. The number of carbonyl (C=O) groups is 1. The highest BCUT2D eigenvalue weighted by Crippen LogP contribution is 2.37. The van der Waals surface area contributed by atoms with E-state index in [-0.39, 0.29) is 23.6 Å². The van der Waals surface area contributed by atoms with Gasteiger partial charge in [0.1, 0.15) is 28.0 Å². The largest absolute Gasteiger partial charge is 0.493 e. The predicted molar refractivity (Wildman–Crippen MR) is 113 cm³/mol. The van der Waals surface area contributed by atoms with Crippen molar-refractivity contribution in [3.8, 4) is 17.2 Å². The fraction of sp³-hybridized carbons (Fsp3) is 0.238. The lowest BCUT2D eigenvalue weighted by Crippen LogP contribution is -1.99. The summed E-state index contributed by atoms with van der Waals surface area (Å²) >= 11 is 6.50. The summed E-state index contributed by atoms with van der Waals surface area (Å²) in [6.07, 6.45) is 2.04. The summed E-state index contributed by atoms with van der Waals surface area (Å²) < 4.78 is 34.8. The number of aromatic nitrogens is 1. The fourth-order valence-corrected chi connectivity index (χ4v) is 4.28. The lowest BCUT2D eigenvalue weighted by atomic mass is 10.1. The smallest absolute Gasteiger partial charge is 0.303 e. The zero-order chi connectivity index (χ0) is 21.8.